The zero-order chi connectivity index (χ0) is 14.7. The maximum atomic E-state index is 13.7. The lowest BCUT2D eigenvalue weighted by molar-refractivity contribution is 0.327. The predicted octanol–water partition coefficient (Wildman–Crippen LogP) is 3.16. The fraction of sp³-hybridized carbons (Fsp3) is 0.500. The molecule has 0 amide bonds. The van der Waals surface area contributed by atoms with Crippen molar-refractivity contribution in [2.24, 2.45) is 5.73 Å². The van der Waals surface area contributed by atoms with Gasteiger partial charge in [0, 0.05) is 18.8 Å². The number of rotatable bonds is 4. The van der Waals surface area contributed by atoms with E-state index in [4.69, 9.17) is 5.73 Å². The van der Waals surface area contributed by atoms with Gasteiger partial charge in [-0.2, -0.15) is 5.10 Å². The molecular formula is C16H21FN4. The average Bonchev–Trinajstić information content (AvgIpc) is 2.97. The topological polar surface area (TPSA) is 56.7 Å². The number of halogens is 1. The van der Waals surface area contributed by atoms with E-state index >= 15 is 0 Å². The van der Waals surface area contributed by atoms with Gasteiger partial charge in [-0.25, -0.2) is 4.39 Å². The van der Waals surface area contributed by atoms with E-state index in [9.17, 15) is 4.39 Å². The molecule has 1 atom stereocenters. The molecule has 0 aliphatic heterocycles. The van der Waals surface area contributed by atoms with E-state index in [1.807, 2.05) is 12.3 Å². The van der Waals surface area contributed by atoms with Gasteiger partial charge in [-0.05, 0) is 31.0 Å². The first-order chi connectivity index (χ1) is 10.2. The Morgan fingerprint density at radius 2 is 2.10 bits per heavy atom. The highest BCUT2D eigenvalue weighted by Crippen LogP contribution is 2.27. The van der Waals surface area contributed by atoms with Crippen molar-refractivity contribution < 1.29 is 4.39 Å². The van der Waals surface area contributed by atoms with Crippen molar-refractivity contribution in [2.75, 3.05) is 0 Å². The summed E-state index contributed by atoms with van der Waals surface area (Å²) in [6, 6.07) is 5.00. The van der Waals surface area contributed by atoms with Crippen LogP contribution in [0.4, 0.5) is 4.39 Å². The van der Waals surface area contributed by atoms with Crippen molar-refractivity contribution in [2.45, 2.75) is 50.6 Å². The summed E-state index contributed by atoms with van der Waals surface area (Å²) in [5.74, 6) is -0.350. The van der Waals surface area contributed by atoms with Crippen LogP contribution in [0.3, 0.4) is 0 Å². The van der Waals surface area contributed by atoms with Crippen molar-refractivity contribution >= 4 is 0 Å². The van der Waals surface area contributed by atoms with E-state index in [2.05, 4.69) is 14.8 Å². The Morgan fingerprint density at radius 3 is 2.86 bits per heavy atom. The molecule has 0 bridgehead atoms. The largest absolute Gasteiger partial charge is 0.322 e. The van der Waals surface area contributed by atoms with Crippen LogP contribution in [0, 0.1) is 5.82 Å². The van der Waals surface area contributed by atoms with Gasteiger partial charge in [0.05, 0.1) is 23.5 Å². The summed E-state index contributed by atoms with van der Waals surface area (Å²) in [6.07, 6.45) is 10.4. The molecule has 4 nitrogen and oxygen atoms in total. The average molecular weight is 288 g/mol. The second kappa shape index (κ2) is 6.35. The molecule has 0 aromatic carbocycles. The molecule has 21 heavy (non-hydrogen) atoms. The maximum Gasteiger partial charge on any atom is 0.146 e. The minimum atomic E-state index is -0.457. The molecule has 1 saturated carbocycles. The van der Waals surface area contributed by atoms with E-state index in [1.54, 1.807) is 12.3 Å². The Kier molecular flexibility index (Phi) is 4.29. The van der Waals surface area contributed by atoms with Gasteiger partial charge in [0.2, 0.25) is 0 Å². The lowest BCUT2D eigenvalue weighted by Crippen LogP contribution is -2.18. The SMILES string of the molecule is NC(Cc1ccn(C2CCCCC2)n1)c1ncccc1F. The number of pyridine rings is 1. The molecule has 0 radical (unpaired) electrons. The van der Waals surface area contributed by atoms with Crippen molar-refractivity contribution in [3.05, 3.63) is 47.8 Å². The predicted molar refractivity (Wildman–Crippen MR) is 79.2 cm³/mol. The molecular weight excluding hydrogens is 267 g/mol. The normalized spacial score (nSPS) is 17.8. The van der Waals surface area contributed by atoms with Crippen LogP contribution in [0.25, 0.3) is 0 Å². The van der Waals surface area contributed by atoms with Gasteiger partial charge in [-0.1, -0.05) is 19.3 Å². The third kappa shape index (κ3) is 3.29. The Morgan fingerprint density at radius 1 is 1.29 bits per heavy atom. The first-order valence-corrected chi connectivity index (χ1v) is 7.64. The summed E-state index contributed by atoms with van der Waals surface area (Å²) in [7, 11) is 0. The zero-order valence-corrected chi connectivity index (χ0v) is 12.1. The van der Waals surface area contributed by atoms with Crippen LogP contribution in [0.2, 0.25) is 0 Å². The molecule has 0 saturated heterocycles. The molecule has 0 spiro atoms. The number of aromatic nitrogens is 3. The minimum absolute atomic E-state index is 0.310. The molecule has 1 aliphatic carbocycles. The standard InChI is InChI=1S/C16H21FN4/c17-14-7-4-9-19-16(14)15(18)11-12-8-10-21(20-12)13-5-2-1-3-6-13/h4,7-10,13,15H,1-3,5-6,11,18H2. The van der Waals surface area contributed by atoms with E-state index in [0.717, 1.165) is 5.69 Å². The Labute approximate surface area is 124 Å². The van der Waals surface area contributed by atoms with Gasteiger partial charge in [-0.15, -0.1) is 0 Å². The quantitative estimate of drug-likeness (QED) is 0.940. The van der Waals surface area contributed by atoms with Gasteiger partial charge in [0.25, 0.3) is 0 Å². The first kappa shape index (κ1) is 14.2. The van der Waals surface area contributed by atoms with E-state index < -0.39 is 6.04 Å². The van der Waals surface area contributed by atoms with Gasteiger partial charge in [-0.3, -0.25) is 9.67 Å². The van der Waals surface area contributed by atoms with Crippen LogP contribution >= 0.6 is 0 Å². The fourth-order valence-corrected chi connectivity index (χ4v) is 3.03. The van der Waals surface area contributed by atoms with E-state index in [-0.39, 0.29) is 5.82 Å². The van der Waals surface area contributed by atoms with Crippen molar-refractivity contribution in [3.8, 4) is 0 Å². The lowest BCUT2D eigenvalue weighted by Gasteiger charge is -2.21. The van der Waals surface area contributed by atoms with Crippen LogP contribution in [0.5, 0.6) is 0 Å². The van der Waals surface area contributed by atoms with Crippen LogP contribution in [0.15, 0.2) is 30.6 Å². The van der Waals surface area contributed by atoms with Crippen LogP contribution in [-0.2, 0) is 6.42 Å². The van der Waals surface area contributed by atoms with Gasteiger partial charge in [0.1, 0.15) is 5.82 Å². The number of hydrogen-bond donors (Lipinski definition) is 1. The third-order valence-corrected chi connectivity index (χ3v) is 4.18. The van der Waals surface area contributed by atoms with Gasteiger partial charge >= 0.3 is 0 Å². The second-order valence-electron chi connectivity index (χ2n) is 5.76. The molecule has 3 rings (SSSR count). The molecule has 1 unspecified atom stereocenters. The highest BCUT2D eigenvalue weighted by atomic mass is 19.1. The molecule has 2 aromatic heterocycles. The molecule has 1 aliphatic rings. The molecule has 2 aromatic rings. The second-order valence-corrected chi connectivity index (χ2v) is 5.76. The first-order valence-electron chi connectivity index (χ1n) is 7.64. The summed E-state index contributed by atoms with van der Waals surface area (Å²) in [4.78, 5) is 4.04. The maximum absolute atomic E-state index is 13.7. The molecule has 2 N–H and O–H groups in total. The molecule has 1 fully saturated rings. The Balaban J connectivity index is 1.68. The van der Waals surface area contributed by atoms with Crippen molar-refractivity contribution in [1.29, 1.82) is 0 Å². The monoisotopic (exact) mass is 288 g/mol. The molecule has 112 valence electrons. The van der Waals surface area contributed by atoms with Gasteiger partial charge < -0.3 is 5.73 Å². The summed E-state index contributed by atoms with van der Waals surface area (Å²) < 4.78 is 15.7. The van der Waals surface area contributed by atoms with Crippen molar-refractivity contribution in [3.63, 3.8) is 0 Å². The Bertz CT molecular complexity index is 589. The van der Waals surface area contributed by atoms with Gasteiger partial charge in [0.15, 0.2) is 0 Å². The van der Waals surface area contributed by atoms with Crippen LogP contribution in [-0.4, -0.2) is 14.8 Å². The number of nitrogens with zero attached hydrogens (tertiary/aromatic N) is 3. The van der Waals surface area contributed by atoms with Crippen LogP contribution < -0.4 is 5.73 Å². The van der Waals surface area contributed by atoms with Crippen molar-refractivity contribution in [1.82, 2.24) is 14.8 Å². The summed E-state index contributed by atoms with van der Waals surface area (Å²) >= 11 is 0. The molecule has 5 heteroatoms. The van der Waals surface area contributed by atoms with E-state index in [1.165, 1.54) is 38.2 Å². The Hall–Kier alpha value is -1.75. The lowest BCUT2D eigenvalue weighted by atomic mass is 9.96. The minimum Gasteiger partial charge on any atom is -0.322 e. The fourth-order valence-electron chi connectivity index (χ4n) is 3.03. The summed E-state index contributed by atoms with van der Waals surface area (Å²) in [6.45, 7) is 0. The highest BCUT2D eigenvalue weighted by molar-refractivity contribution is 5.14. The zero-order valence-electron chi connectivity index (χ0n) is 12.1. The number of hydrogen-bond acceptors (Lipinski definition) is 3. The third-order valence-electron chi connectivity index (χ3n) is 4.18. The highest BCUT2D eigenvalue weighted by Gasteiger charge is 2.18. The van der Waals surface area contributed by atoms with Crippen LogP contribution in [0.1, 0.15) is 55.6 Å². The summed E-state index contributed by atoms with van der Waals surface area (Å²) in [5, 5.41) is 4.62. The summed E-state index contributed by atoms with van der Waals surface area (Å²) in [5.41, 5.74) is 7.27. The molecule has 2 heterocycles. The number of nitrogens with two attached hydrogens (primary N) is 1. The smallest absolute Gasteiger partial charge is 0.146 e. The van der Waals surface area contributed by atoms with E-state index in [0.29, 0.717) is 18.2 Å².